The number of anilines is 1. The molecule has 1 rings (SSSR count). The Morgan fingerprint density at radius 1 is 1.38 bits per heavy atom. The minimum absolute atomic E-state index is 0.146. The molecule has 3 N–H and O–H groups in total. The fourth-order valence-electron chi connectivity index (χ4n) is 1.20. The summed E-state index contributed by atoms with van der Waals surface area (Å²) in [5.41, 5.74) is 6.36. The Labute approximate surface area is 94.8 Å². The van der Waals surface area contributed by atoms with Crippen molar-refractivity contribution in [3.05, 3.63) is 30.1 Å². The molecule has 1 aromatic rings. The predicted octanol–water partition coefficient (Wildman–Crippen LogP) is 2.14. The molecule has 0 aliphatic heterocycles. The summed E-state index contributed by atoms with van der Waals surface area (Å²) in [5.74, 6) is -0.205. The van der Waals surface area contributed by atoms with Gasteiger partial charge in [-0.25, -0.2) is 4.39 Å². The van der Waals surface area contributed by atoms with Crippen LogP contribution < -0.4 is 11.1 Å². The van der Waals surface area contributed by atoms with E-state index in [2.05, 4.69) is 5.32 Å². The molecule has 3 nitrogen and oxygen atoms in total. The molecule has 0 aliphatic rings. The fraction of sp³-hybridized carbons (Fsp3) is 0.417. The summed E-state index contributed by atoms with van der Waals surface area (Å²) in [6.07, 6.45) is 0.273. The number of nitrogens with one attached hydrogen (secondary N) is 1. The lowest BCUT2D eigenvalue weighted by molar-refractivity contribution is -0.116. The second-order valence-corrected chi connectivity index (χ2v) is 4.17. The van der Waals surface area contributed by atoms with Crippen molar-refractivity contribution in [2.75, 3.05) is 5.32 Å². The number of amides is 1. The molecule has 0 saturated heterocycles. The van der Waals surface area contributed by atoms with Crippen molar-refractivity contribution < 1.29 is 9.18 Å². The molecule has 0 radical (unpaired) electrons. The normalized spacial score (nSPS) is 12.6. The summed E-state index contributed by atoms with van der Waals surface area (Å²) >= 11 is 0. The van der Waals surface area contributed by atoms with E-state index in [-0.39, 0.29) is 30.1 Å². The third-order valence-electron chi connectivity index (χ3n) is 2.41. The van der Waals surface area contributed by atoms with E-state index in [0.717, 1.165) is 0 Å². The van der Waals surface area contributed by atoms with Crippen LogP contribution in [0.4, 0.5) is 10.1 Å². The van der Waals surface area contributed by atoms with Crippen LogP contribution in [0, 0.1) is 11.7 Å². The maximum absolute atomic E-state index is 12.6. The highest BCUT2D eigenvalue weighted by atomic mass is 19.1. The first-order chi connectivity index (χ1) is 7.49. The van der Waals surface area contributed by atoms with E-state index in [1.807, 2.05) is 13.8 Å². The summed E-state index contributed by atoms with van der Waals surface area (Å²) in [6.45, 7) is 3.94. The molecule has 16 heavy (non-hydrogen) atoms. The van der Waals surface area contributed by atoms with Crippen molar-refractivity contribution in [2.45, 2.75) is 26.3 Å². The highest BCUT2D eigenvalue weighted by molar-refractivity contribution is 5.91. The van der Waals surface area contributed by atoms with Crippen LogP contribution in [-0.2, 0) is 4.79 Å². The Morgan fingerprint density at radius 2 is 1.94 bits per heavy atom. The maximum atomic E-state index is 12.6. The zero-order valence-electron chi connectivity index (χ0n) is 9.53. The largest absolute Gasteiger partial charge is 0.327 e. The first kappa shape index (κ1) is 12.6. The van der Waals surface area contributed by atoms with Crippen molar-refractivity contribution in [2.24, 2.45) is 11.7 Å². The Hall–Kier alpha value is -1.42. The molecular weight excluding hydrogens is 207 g/mol. The molecule has 0 heterocycles. The van der Waals surface area contributed by atoms with Crippen molar-refractivity contribution in [1.82, 2.24) is 0 Å². The van der Waals surface area contributed by atoms with Gasteiger partial charge < -0.3 is 11.1 Å². The first-order valence-corrected chi connectivity index (χ1v) is 5.30. The first-order valence-electron chi connectivity index (χ1n) is 5.30. The molecule has 4 heteroatoms. The molecular formula is C12H17FN2O. The van der Waals surface area contributed by atoms with Crippen LogP contribution in [0.5, 0.6) is 0 Å². The summed E-state index contributed by atoms with van der Waals surface area (Å²) in [7, 11) is 0. The smallest absolute Gasteiger partial charge is 0.225 e. The number of nitrogens with two attached hydrogens (primary N) is 1. The third kappa shape index (κ3) is 3.98. The summed E-state index contributed by atoms with van der Waals surface area (Å²) < 4.78 is 12.6. The summed E-state index contributed by atoms with van der Waals surface area (Å²) in [4.78, 5) is 11.5. The van der Waals surface area contributed by atoms with Gasteiger partial charge in [0, 0.05) is 18.2 Å². The molecule has 1 amide bonds. The Bertz CT molecular complexity index is 349. The van der Waals surface area contributed by atoms with Gasteiger partial charge in [-0.2, -0.15) is 0 Å². The number of rotatable bonds is 4. The Morgan fingerprint density at radius 3 is 2.44 bits per heavy atom. The van der Waals surface area contributed by atoms with Gasteiger partial charge in [0.15, 0.2) is 0 Å². The van der Waals surface area contributed by atoms with Crippen molar-refractivity contribution >= 4 is 11.6 Å². The second-order valence-electron chi connectivity index (χ2n) is 4.17. The molecule has 0 saturated carbocycles. The van der Waals surface area contributed by atoms with E-state index in [4.69, 9.17) is 5.73 Å². The molecule has 1 unspecified atom stereocenters. The van der Waals surface area contributed by atoms with Gasteiger partial charge in [0.2, 0.25) is 5.91 Å². The average Bonchev–Trinajstić information content (AvgIpc) is 2.21. The number of hydrogen-bond donors (Lipinski definition) is 2. The van der Waals surface area contributed by atoms with Gasteiger partial charge in [-0.15, -0.1) is 0 Å². The maximum Gasteiger partial charge on any atom is 0.225 e. The number of carbonyl (C=O) groups is 1. The fourth-order valence-corrected chi connectivity index (χ4v) is 1.20. The molecule has 1 aromatic carbocycles. The second kappa shape index (κ2) is 5.61. The predicted molar refractivity (Wildman–Crippen MR) is 62.5 cm³/mol. The van der Waals surface area contributed by atoms with Gasteiger partial charge in [-0.05, 0) is 30.2 Å². The number of halogens is 1. The quantitative estimate of drug-likeness (QED) is 0.823. The highest BCUT2D eigenvalue weighted by Crippen LogP contribution is 2.10. The molecule has 0 bridgehead atoms. The lowest BCUT2D eigenvalue weighted by atomic mass is 10.0. The van der Waals surface area contributed by atoms with Crippen molar-refractivity contribution in [1.29, 1.82) is 0 Å². The minimum Gasteiger partial charge on any atom is -0.327 e. The topological polar surface area (TPSA) is 55.1 Å². The minimum atomic E-state index is -0.322. The van der Waals surface area contributed by atoms with E-state index in [0.29, 0.717) is 5.69 Å². The van der Waals surface area contributed by atoms with E-state index in [9.17, 15) is 9.18 Å². The van der Waals surface area contributed by atoms with Crippen LogP contribution in [-0.4, -0.2) is 11.9 Å². The van der Waals surface area contributed by atoms with E-state index in [1.165, 1.54) is 24.3 Å². The number of hydrogen-bond acceptors (Lipinski definition) is 2. The van der Waals surface area contributed by atoms with Gasteiger partial charge >= 0.3 is 0 Å². The molecule has 0 spiro atoms. The number of carbonyl (C=O) groups excluding carboxylic acids is 1. The van der Waals surface area contributed by atoms with E-state index in [1.54, 1.807) is 0 Å². The lowest BCUT2D eigenvalue weighted by Crippen LogP contribution is -2.31. The van der Waals surface area contributed by atoms with Gasteiger partial charge in [0.25, 0.3) is 0 Å². The molecule has 0 aliphatic carbocycles. The monoisotopic (exact) mass is 224 g/mol. The van der Waals surface area contributed by atoms with Crippen LogP contribution in [0.3, 0.4) is 0 Å². The summed E-state index contributed by atoms with van der Waals surface area (Å²) in [5, 5.41) is 2.67. The zero-order valence-corrected chi connectivity index (χ0v) is 9.53. The Kier molecular flexibility index (Phi) is 4.43. The molecule has 0 fully saturated rings. The SMILES string of the molecule is CC(C)C(N)CC(=O)Nc1ccc(F)cc1. The standard InChI is InChI=1S/C12H17FN2O/c1-8(2)11(14)7-12(16)15-10-5-3-9(13)4-6-10/h3-6,8,11H,7,14H2,1-2H3,(H,15,16). The van der Waals surface area contributed by atoms with E-state index >= 15 is 0 Å². The van der Waals surface area contributed by atoms with Crippen molar-refractivity contribution in [3.8, 4) is 0 Å². The van der Waals surface area contributed by atoms with Crippen LogP contribution in [0.2, 0.25) is 0 Å². The van der Waals surface area contributed by atoms with Gasteiger partial charge in [0.05, 0.1) is 0 Å². The van der Waals surface area contributed by atoms with Crippen molar-refractivity contribution in [3.63, 3.8) is 0 Å². The van der Waals surface area contributed by atoms with Crippen LogP contribution in [0.15, 0.2) is 24.3 Å². The van der Waals surface area contributed by atoms with Gasteiger partial charge in [-0.3, -0.25) is 4.79 Å². The van der Waals surface area contributed by atoms with E-state index < -0.39 is 0 Å². The summed E-state index contributed by atoms with van der Waals surface area (Å²) in [6, 6.07) is 5.50. The van der Waals surface area contributed by atoms with Crippen LogP contribution in [0.25, 0.3) is 0 Å². The van der Waals surface area contributed by atoms with Gasteiger partial charge in [0.1, 0.15) is 5.82 Å². The average molecular weight is 224 g/mol. The molecule has 0 aromatic heterocycles. The zero-order chi connectivity index (χ0) is 12.1. The highest BCUT2D eigenvalue weighted by Gasteiger charge is 2.12. The lowest BCUT2D eigenvalue weighted by Gasteiger charge is -2.14. The van der Waals surface area contributed by atoms with Crippen LogP contribution in [0.1, 0.15) is 20.3 Å². The Balaban J connectivity index is 2.48. The molecule has 88 valence electrons. The molecule has 1 atom stereocenters. The third-order valence-corrected chi connectivity index (χ3v) is 2.41. The van der Waals surface area contributed by atoms with Gasteiger partial charge in [-0.1, -0.05) is 13.8 Å². The number of benzene rings is 1. The van der Waals surface area contributed by atoms with Crippen LogP contribution >= 0.6 is 0 Å².